The van der Waals surface area contributed by atoms with Crippen molar-refractivity contribution in [3.8, 4) is 0 Å². The van der Waals surface area contributed by atoms with Crippen LogP contribution in [0.5, 0.6) is 0 Å². The Balaban J connectivity index is 1.96. The van der Waals surface area contributed by atoms with Crippen molar-refractivity contribution in [1.29, 1.82) is 0 Å². The Bertz CT molecular complexity index is 1160. The van der Waals surface area contributed by atoms with Gasteiger partial charge in [-0.15, -0.1) is 0 Å². The first-order chi connectivity index (χ1) is 15.6. The van der Waals surface area contributed by atoms with Gasteiger partial charge < -0.3 is 10.4 Å². The number of nitrogens with one attached hydrogen (secondary N) is 1. The molecule has 3 aromatic carbocycles. The van der Waals surface area contributed by atoms with Gasteiger partial charge in [-0.3, -0.25) is 9.69 Å². The number of hydrogen-bond acceptors (Lipinski definition) is 3. The van der Waals surface area contributed by atoms with Crippen LogP contribution in [0.2, 0.25) is 5.02 Å². The minimum atomic E-state index is -5.24. The zero-order valence-corrected chi connectivity index (χ0v) is 18.5. The molecular formula is C24H18ClF3N2O2S. The summed E-state index contributed by atoms with van der Waals surface area (Å²) in [6.07, 6.45) is -5.24. The number of nitrogens with zero attached hydrogens (tertiary/aromatic N) is 1. The molecule has 0 radical (unpaired) electrons. The summed E-state index contributed by atoms with van der Waals surface area (Å²) < 4.78 is 44.3. The van der Waals surface area contributed by atoms with Gasteiger partial charge in [-0.05, 0) is 42.0 Å². The van der Waals surface area contributed by atoms with Crippen molar-refractivity contribution >= 4 is 40.4 Å². The lowest BCUT2D eigenvalue weighted by molar-refractivity contribution is -0.274. The first-order valence-electron chi connectivity index (χ1n) is 9.94. The van der Waals surface area contributed by atoms with E-state index in [1.165, 1.54) is 60.7 Å². The maximum Gasteiger partial charge on any atom is 0.437 e. The second-order valence-electron chi connectivity index (χ2n) is 7.58. The average Bonchev–Trinajstić information content (AvgIpc) is 2.79. The number of Topliss-reactive ketones (excluding diaryl/α,β-unsaturated/α-hetero) is 1. The summed E-state index contributed by atoms with van der Waals surface area (Å²) in [5.74, 6) is -2.88. The van der Waals surface area contributed by atoms with Gasteiger partial charge in [0.15, 0.2) is 10.9 Å². The molecule has 0 bridgehead atoms. The Morgan fingerprint density at radius 1 is 0.970 bits per heavy atom. The lowest BCUT2D eigenvalue weighted by Gasteiger charge is -2.52. The van der Waals surface area contributed by atoms with Gasteiger partial charge >= 0.3 is 6.18 Å². The number of carbonyl (C=O) groups excluding carboxylic acids is 1. The molecule has 3 aromatic rings. The molecular weight excluding hydrogens is 473 g/mol. The van der Waals surface area contributed by atoms with E-state index in [4.69, 9.17) is 23.8 Å². The number of aliphatic hydroxyl groups is 1. The number of thiocarbonyl (C=S) groups is 1. The molecule has 0 aliphatic carbocycles. The first-order valence-corrected chi connectivity index (χ1v) is 10.7. The smallest absolute Gasteiger partial charge is 0.362 e. The second kappa shape index (κ2) is 8.78. The minimum Gasteiger partial charge on any atom is -0.362 e. The van der Waals surface area contributed by atoms with Crippen LogP contribution >= 0.6 is 23.8 Å². The van der Waals surface area contributed by atoms with Gasteiger partial charge in [-0.2, -0.15) is 13.2 Å². The Labute approximate surface area is 198 Å². The largest absolute Gasteiger partial charge is 0.437 e. The van der Waals surface area contributed by atoms with Crippen LogP contribution in [-0.4, -0.2) is 27.9 Å². The van der Waals surface area contributed by atoms with Gasteiger partial charge in [0.2, 0.25) is 0 Å². The third-order valence-electron chi connectivity index (χ3n) is 5.59. The van der Waals surface area contributed by atoms with Crippen molar-refractivity contribution in [2.24, 2.45) is 5.92 Å². The highest BCUT2D eigenvalue weighted by molar-refractivity contribution is 7.80. The zero-order chi connectivity index (χ0) is 23.8. The molecule has 1 saturated heterocycles. The summed E-state index contributed by atoms with van der Waals surface area (Å²) in [7, 11) is 0. The van der Waals surface area contributed by atoms with Crippen LogP contribution in [0.3, 0.4) is 0 Å². The van der Waals surface area contributed by atoms with Crippen LogP contribution in [0.15, 0.2) is 84.9 Å². The van der Waals surface area contributed by atoms with Crippen LogP contribution in [-0.2, 0) is 0 Å². The van der Waals surface area contributed by atoms with Crippen molar-refractivity contribution in [3.05, 3.63) is 101 Å². The van der Waals surface area contributed by atoms with E-state index in [0.717, 1.165) is 0 Å². The second-order valence-corrected chi connectivity index (χ2v) is 8.40. The monoisotopic (exact) mass is 490 g/mol. The van der Waals surface area contributed by atoms with Gasteiger partial charge in [-0.25, -0.2) is 0 Å². The number of ketones is 1. The highest BCUT2D eigenvalue weighted by atomic mass is 35.5. The molecule has 1 aliphatic heterocycles. The van der Waals surface area contributed by atoms with E-state index in [1.54, 1.807) is 24.3 Å². The molecule has 4 rings (SSSR count). The Hall–Kier alpha value is -2.94. The van der Waals surface area contributed by atoms with Crippen molar-refractivity contribution in [3.63, 3.8) is 0 Å². The molecule has 170 valence electrons. The Kier molecular flexibility index (Phi) is 6.18. The lowest BCUT2D eigenvalue weighted by atomic mass is 9.76. The fourth-order valence-electron chi connectivity index (χ4n) is 4.06. The van der Waals surface area contributed by atoms with Crippen LogP contribution in [0.4, 0.5) is 18.9 Å². The van der Waals surface area contributed by atoms with Crippen LogP contribution in [0, 0.1) is 5.92 Å². The number of benzene rings is 3. The molecule has 0 amide bonds. The number of hydrogen-bond donors (Lipinski definition) is 2. The van der Waals surface area contributed by atoms with E-state index in [9.17, 15) is 23.1 Å². The molecule has 1 aliphatic rings. The normalized spacial score (nSPS) is 23.2. The van der Waals surface area contributed by atoms with E-state index >= 15 is 0 Å². The molecule has 33 heavy (non-hydrogen) atoms. The Morgan fingerprint density at radius 2 is 1.52 bits per heavy atom. The molecule has 4 nitrogen and oxygen atoms in total. The highest BCUT2D eigenvalue weighted by Crippen LogP contribution is 2.49. The molecule has 0 unspecified atom stereocenters. The van der Waals surface area contributed by atoms with Gasteiger partial charge in [0.1, 0.15) is 5.92 Å². The maximum atomic E-state index is 14.8. The fourth-order valence-corrected chi connectivity index (χ4v) is 4.56. The zero-order valence-electron chi connectivity index (χ0n) is 17.0. The van der Waals surface area contributed by atoms with Gasteiger partial charge in [-0.1, -0.05) is 72.3 Å². The summed E-state index contributed by atoms with van der Waals surface area (Å²) >= 11 is 11.3. The predicted molar refractivity (Wildman–Crippen MR) is 124 cm³/mol. The Morgan fingerprint density at radius 3 is 2.06 bits per heavy atom. The van der Waals surface area contributed by atoms with E-state index in [0.29, 0.717) is 15.5 Å². The number of anilines is 1. The summed E-state index contributed by atoms with van der Waals surface area (Å²) in [4.78, 5) is 14.2. The standard InChI is InChI=1S/C24H18ClF3N2O2S/c25-17-13-11-15(12-14-17)20-19(21(31)16-7-3-1-4-8-16)23(32,24(26,27)28)30(22(33)29-20)18-9-5-2-6-10-18/h1-14,19-20,32H,(H,29,33)/t19-,20+,23-/m0/s1. The number of rotatable bonds is 4. The number of halogens is 4. The molecule has 0 aromatic heterocycles. The molecule has 0 saturated carbocycles. The maximum absolute atomic E-state index is 14.8. The molecule has 0 spiro atoms. The van der Waals surface area contributed by atoms with E-state index in [2.05, 4.69) is 5.32 Å². The van der Waals surface area contributed by atoms with Gasteiger partial charge in [0.05, 0.1) is 6.04 Å². The quantitative estimate of drug-likeness (QED) is 0.372. The van der Waals surface area contributed by atoms with Crippen molar-refractivity contribution in [2.75, 3.05) is 4.90 Å². The van der Waals surface area contributed by atoms with Crippen LogP contribution in [0.1, 0.15) is 22.0 Å². The average molecular weight is 491 g/mol. The van der Waals surface area contributed by atoms with E-state index in [1.807, 2.05) is 0 Å². The first kappa shape index (κ1) is 23.2. The van der Waals surface area contributed by atoms with E-state index in [-0.39, 0.29) is 16.4 Å². The van der Waals surface area contributed by atoms with Crippen molar-refractivity contribution in [2.45, 2.75) is 17.9 Å². The third-order valence-corrected chi connectivity index (χ3v) is 6.14. The third kappa shape index (κ3) is 4.10. The predicted octanol–water partition coefficient (Wildman–Crippen LogP) is 5.53. The summed E-state index contributed by atoms with van der Waals surface area (Å²) in [5, 5.41) is 14.4. The van der Waals surface area contributed by atoms with Crippen molar-refractivity contribution in [1.82, 2.24) is 5.32 Å². The lowest BCUT2D eigenvalue weighted by Crippen LogP contribution is -2.74. The van der Waals surface area contributed by atoms with E-state index < -0.39 is 29.6 Å². The molecule has 9 heteroatoms. The number of alkyl halides is 3. The molecule has 3 atom stereocenters. The summed E-state index contributed by atoms with van der Waals surface area (Å²) in [6, 6.07) is 19.8. The van der Waals surface area contributed by atoms with Gasteiger partial charge in [0, 0.05) is 16.3 Å². The van der Waals surface area contributed by atoms with Crippen LogP contribution in [0.25, 0.3) is 0 Å². The summed E-state index contributed by atoms with van der Waals surface area (Å²) in [5.41, 5.74) is -3.28. The fraction of sp³-hybridized carbons (Fsp3) is 0.167. The van der Waals surface area contributed by atoms with Crippen molar-refractivity contribution < 1.29 is 23.1 Å². The highest BCUT2D eigenvalue weighted by Gasteiger charge is 2.69. The van der Waals surface area contributed by atoms with Gasteiger partial charge in [0.25, 0.3) is 5.72 Å². The number of carbonyl (C=O) groups is 1. The molecule has 2 N–H and O–H groups in total. The molecule has 1 heterocycles. The minimum absolute atomic E-state index is 0.00440. The molecule has 1 fully saturated rings. The SMILES string of the molecule is O=C(c1ccccc1)[C@@H]1[C@@H](c2ccc(Cl)cc2)NC(=S)N(c2ccccc2)[C@@]1(O)C(F)(F)F. The topological polar surface area (TPSA) is 52.6 Å². The number of para-hydroxylation sites is 1. The summed E-state index contributed by atoms with van der Waals surface area (Å²) in [6.45, 7) is 0. The van der Waals surface area contributed by atoms with Crippen LogP contribution < -0.4 is 10.2 Å².